The quantitative estimate of drug-likeness (QED) is 0.675. The minimum absolute atomic E-state index is 0.300. The minimum atomic E-state index is -0.300. The van der Waals surface area contributed by atoms with Crippen LogP contribution in [0.2, 0.25) is 0 Å². The molecular formula is C18H27NO3. The van der Waals surface area contributed by atoms with Gasteiger partial charge in [-0.15, -0.1) is 6.58 Å². The number of aliphatic hydroxyl groups is 1. The second kappa shape index (κ2) is 8.20. The molecular weight excluding hydrogens is 278 g/mol. The van der Waals surface area contributed by atoms with Crippen molar-refractivity contribution in [3.05, 3.63) is 36.4 Å². The molecule has 1 aromatic carbocycles. The lowest BCUT2D eigenvalue weighted by Crippen LogP contribution is -2.33. The molecule has 0 saturated heterocycles. The first kappa shape index (κ1) is 16.8. The fourth-order valence-electron chi connectivity index (χ4n) is 2.65. The molecule has 0 radical (unpaired) electrons. The molecule has 1 aromatic rings. The van der Waals surface area contributed by atoms with E-state index in [9.17, 15) is 5.11 Å². The third-order valence-corrected chi connectivity index (χ3v) is 4.01. The van der Waals surface area contributed by atoms with Crippen molar-refractivity contribution in [3.63, 3.8) is 0 Å². The van der Waals surface area contributed by atoms with Crippen LogP contribution in [0.25, 0.3) is 0 Å². The summed E-state index contributed by atoms with van der Waals surface area (Å²) in [6, 6.07) is 6.54. The average Bonchev–Trinajstić information content (AvgIpc) is 3.36. The van der Waals surface area contributed by atoms with Crippen molar-refractivity contribution in [2.45, 2.75) is 44.4 Å². The van der Waals surface area contributed by atoms with Crippen molar-refractivity contribution in [2.24, 2.45) is 0 Å². The Morgan fingerprint density at radius 1 is 1.27 bits per heavy atom. The van der Waals surface area contributed by atoms with Gasteiger partial charge in [0.1, 0.15) is 11.5 Å². The highest BCUT2D eigenvalue weighted by atomic mass is 16.5. The summed E-state index contributed by atoms with van der Waals surface area (Å²) in [5.41, 5.74) is 1.15. The molecule has 1 unspecified atom stereocenters. The van der Waals surface area contributed by atoms with Gasteiger partial charge in [-0.05, 0) is 43.4 Å². The van der Waals surface area contributed by atoms with Crippen molar-refractivity contribution < 1.29 is 14.6 Å². The number of benzene rings is 1. The van der Waals surface area contributed by atoms with E-state index in [1.54, 1.807) is 14.2 Å². The van der Waals surface area contributed by atoms with Gasteiger partial charge in [0.05, 0.1) is 20.3 Å². The molecule has 1 aliphatic carbocycles. The molecule has 0 amide bonds. The summed E-state index contributed by atoms with van der Waals surface area (Å²) in [6.07, 6.45) is 5.62. The highest BCUT2D eigenvalue weighted by Crippen LogP contribution is 2.30. The lowest BCUT2D eigenvalue weighted by molar-refractivity contribution is 0.0979. The van der Waals surface area contributed by atoms with Gasteiger partial charge in [0.15, 0.2) is 0 Å². The summed E-state index contributed by atoms with van der Waals surface area (Å²) < 4.78 is 10.7. The van der Waals surface area contributed by atoms with E-state index in [-0.39, 0.29) is 6.10 Å². The Labute approximate surface area is 133 Å². The molecule has 1 saturated carbocycles. The summed E-state index contributed by atoms with van der Waals surface area (Å²) in [7, 11) is 3.33. The summed E-state index contributed by atoms with van der Waals surface area (Å²) in [6.45, 7) is 5.23. The Kier molecular flexibility index (Phi) is 6.28. The fourth-order valence-corrected chi connectivity index (χ4v) is 2.65. The third kappa shape index (κ3) is 5.04. The van der Waals surface area contributed by atoms with E-state index in [1.807, 2.05) is 24.3 Å². The monoisotopic (exact) mass is 305 g/mol. The van der Waals surface area contributed by atoms with E-state index in [0.717, 1.165) is 36.4 Å². The zero-order chi connectivity index (χ0) is 15.9. The highest BCUT2D eigenvalue weighted by Gasteiger charge is 2.30. The van der Waals surface area contributed by atoms with Gasteiger partial charge < -0.3 is 14.6 Å². The van der Waals surface area contributed by atoms with E-state index >= 15 is 0 Å². The number of hydrogen-bond donors (Lipinski definition) is 1. The van der Waals surface area contributed by atoms with E-state index in [1.165, 1.54) is 12.8 Å². The predicted octanol–water partition coefficient (Wildman–Crippen LogP) is 3.00. The molecule has 0 heterocycles. The van der Waals surface area contributed by atoms with E-state index in [0.29, 0.717) is 12.6 Å². The number of rotatable bonds is 10. The van der Waals surface area contributed by atoms with Gasteiger partial charge >= 0.3 is 0 Å². The van der Waals surface area contributed by atoms with Crippen LogP contribution in [0.15, 0.2) is 30.9 Å². The van der Waals surface area contributed by atoms with Crippen LogP contribution in [0.5, 0.6) is 11.5 Å². The molecule has 0 bridgehead atoms. The largest absolute Gasteiger partial charge is 0.497 e. The molecule has 22 heavy (non-hydrogen) atoms. The van der Waals surface area contributed by atoms with Gasteiger partial charge in [-0.3, -0.25) is 4.90 Å². The van der Waals surface area contributed by atoms with Gasteiger partial charge in [-0.2, -0.15) is 0 Å². The van der Waals surface area contributed by atoms with E-state index < -0.39 is 0 Å². The number of methoxy groups -OCH3 is 2. The van der Waals surface area contributed by atoms with Gasteiger partial charge in [-0.25, -0.2) is 0 Å². The molecule has 2 rings (SSSR count). The lowest BCUT2D eigenvalue weighted by atomic mass is 10.1. The highest BCUT2D eigenvalue weighted by molar-refractivity contribution is 5.38. The Morgan fingerprint density at radius 3 is 2.41 bits per heavy atom. The molecule has 1 N–H and O–H groups in total. The molecule has 4 heteroatoms. The summed E-state index contributed by atoms with van der Waals surface area (Å²) >= 11 is 0. The van der Waals surface area contributed by atoms with Crippen LogP contribution in [0, 0.1) is 0 Å². The Balaban J connectivity index is 2.02. The average molecular weight is 305 g/mol. The van der Waals surface area contributed by atoms with Crippen molar-refractivity contribution in [1.29, 1.82) is 0 Å². The predicted molar refractivity (Wildman–Crippen MR) is 88.4 cm³/mol. The van der Waals surface area contributed by atoms with Gasteiger partial charge in [-0.1, -0.05) is 6.08 Å². The zero-order valence-electron chi connectivity index (χ0n) is 13.6. The molecule has 0 aliphatic heterocycles. The number of nitrogens with zero attached hydrogens (tertiary/aromatic N) is 1. The van der Waals surface area contributed by atoms with Crippen LogP contribution < -0.4 is 9.47 Å². The van der Waals surface area contributed by atoms with Crippen molar-refractivity contribution in [3.8, 4) is 11.5 Å². The first-order chi connectivity index (χ1) is 10.7. The summed E-state index contributed by atoms with van der Waals surface area (Å²) in [4.78, 5) is 2.36. The first-order valence-electron chi connectivity index (χ1n) is 7.91. The number of allylic oxidation sites excluding steroid dienone is 1. The zero-order valence-corrected chi connectivity index (χ0v) is 13.6. The number of aliphatic hydroxyl groups excluding tert-OH is 1. The van der Waals surface area contributed by atoms with Crippen LogP contribution in [-0.4, -0.2) is 42.9 Å². The molecule has 0 spiro atoms. The number of hydrogen-bond acceptors (Lipinski definition) is 4. The SMILES string of the molecule is C=CCCC(O)CN(Cc1cc(OC)cc(OC)c1)C1CC1. The topological polar surface area (TPSA) is 41.9 Å². The van der Waals surface area contributed by atoms with Crippen molar-refractivity contribution in [2.75, 3.05) is 20.8 Å². The Bertz CT molecular complexity index is 463. The standard InChI is InChI=1S/C18H27NO3/c1-4-5-6-16(20)13-19(15-7-8-15)12-14-9-17(21-2)11-18(10-14)22-3/h4,9-11,15-16,20H,1,5-8,12-13H2,2-3H3. The first-order valence-corrected chi connectivity index (χ1v) is 7.91. The normalized spacial score (nSPS) is 15.6. The third-order valence-electron chi connectivity index (χ3n) is 4.01. The molecule has 1 fully saturated rings. The summed E-state index contributed by atoms with van der Waals surface area (Å²) in [5, 5.41) is 10.2. The second-order valence-corrected chi connectivity index (χ2v) is 5.90. The van der Waals surface area contributed by atoms with E-state index in [2.05, 4.69) is 11.5 Å². The molecule has 0 aromatic heterocycles. The van der Waals surface area contributed by atoms with Crippen molar-refractivity contribution in [1.82, 2.24) is 4.90 Å². The summed E-state index contributed by atoms with van der Waals surface area (Å²) in [5.74, 6) is 1.61. The van der Waals surface area contributed by atoms with Crippen LogP contribution in [0.1, 0.15) is 31.2 Å². The van der Waals surface area contributed by atoms with Crippen LogP contribution in [-0.2, 0) is 6.54 Å². The molecule has 1 aliphatic rings. The molecule has 122 valence electrons. The smallest absolute Gasteiger partial charge is 0.122 e. The van der Waals surface area contributed by atoms with Gasteiger partial charge in [0.25, 0.3) is 0 Å². The minimum Gasteiger partial charge on any atom is -0.497 e. The second-order valence-electron chi connectivity index (χ2n) is 5.90. The molecule has 4 nitrogen and oxygen atoms in total. The van der Waals surface area contributed by atoms with Gasteiger partial charge in [0, 0.05) is 25.2 Å². The fraction of sp³-hybridized carbons (Fsp3) is 0.556. The maximum Gasteiger partial charge on any atom is 0.122 e. The maximum atomic E-state index is 10.2. The Morgan fingerprint density at radius 2 is 1.91 bits per heavy atom. The molecule has 1 atom stereocenters. The van der Waals surface area contributed by atoms with E-state index in [4.69, 9.17) is 9.47 Å². The van der Waals surface area contributed by atoms with Crippen LogP contribution in [0.3, 0.4) is 0 Å². The van der Waals surface area contributed by atoms with Gasteiger partial charge in [0.2, 0.25) is 0 Å². The maximum absolute atomic E-state index is 10.2. The van der Waals surface area contributed by atoms with Crippen LogP contribution >= 0.6 is 0 Å². The van der Waals surface area contributed by atoms with Crippen LogP contribution in [0.4, 0.5) is 0 Å². The number of ether oxygens (including phenoxy) is 2. The Hall–Kier alpha value is -1.52. The lowest BCUT2D eigenvalue weighted by Gasteiger charge is -2.25. The van der Waals surface area contributed by atoms with Crippen molar-refractivity contribution >= 4 is 0 Å².